The van der Waals surface area contributed by atoms with E-state index in [9.17, 15) is 0 Å². The molecule has 1 atom stereocenters. The summed E-state index contributed by atoms with van der Waals surface area (Å²) in [4.78, 5) is 0. The molecule has 1 aromatic rings. The molecule has 0 amide bonds. The van der Waals surface area contributed by atoms with Gasteiger partial charge in [-0.2, -0.15) is 5.10 Å². The Kier molecular flexibility index (Phi) is 7.20. The third kappa shape index (κ3) is 5.54. The van der Waals surface area contributed by atoms with Gasteiger partial charge in [0.1, 0.15) is 0 Å². The van der Waals surface area contributed by atoms with Crippen LogP contribution in [-0.4, -0.2) is 30.0 Å². The second kappa shape index (κ2) is 8.15. The van der Waals surface area contributed by atoms with Gasteiger partial charge in [0.25, 0.3) is 0 Å². The van der Waals surface area contributed by atoms with Crippen molar-refractivity contribution in [1.29, 1.82) is 0 Å². The molecule has 0 aromatic carbocycles. The lowest BCUT2D eigenvalue weighted by molar-refractivity contribution is 0.180. The minimum Gasteiger partial charge on any atom is -0.383 e. The predicted molar refractivity (Wildman–Crippen MR) is 86.9 cm³/mol. The summed E-state index contributed by atoms with van der Waals surface area (Å²) >= 11 is 3.64. The van der Waals surface area contributed by atoms with Crippen LogP contribution in [0.3, 0.4) is 0 Å². The molecule has 116 valence electrons. The number of hydrogen-bond donors (Lipinski definition) is 1. The molecule has 0 saturated heterocycles. The van der Waals surface area contributed by atoms with Crippen LogP contribution in [-0.2, 0) is 11.3 Å². The fraction of sp³-hybridized carbons (Fsp3) is 0.800. The van der Waals surface area contributed by atoms with Gasteiger partial charge in [0.05, 0.1) is 35.6 Å². The van der Waals surface area contributed by atoms with E-state index in [0.29, 0.717) is 12.6 Å². The molecule has 0 aliphatic heterocycles. The maximum absolute atomic E-state index is 5.18. The highest BCUT2D eigenvalue weighted by Crippen LogP contribution is 2.33. The second-order valence-corrected chi connectivity index (χ2v) is 7.22. The zero-order valence-electron chi connectivity index (χ0n) is 13.4. The van der Waals surface area contributed by atoms with E-state index in [1.807, 2.05) is 10.9 Å². The molecule has 0 radical (unpaired) electrons. The van der Waals surface area contributed by atoms with Gasteiger partial charge in [-0.05, 0) is 40.7 Å². The maximum atomic E-state index is 5.18. The number of methoxy groups -OCH3 is 1. The first-order valence-corrected chi connectivity index (χ1v) is 8.12. The van der Waals surface area contributed by atoms with Gasteiger partial charge in [0.2, 0.25) is 0 Å². The first kappa shape index (κ1) is 17.7. The van der Waals surface area contributed by atoms with Crippen molar-refractivity contribution < 1.29 is 4.74 Å². The zero-order chi connectivity index (χ0) is 15.2. The minimum atomic E-state index is 0.265. The van der Waals surface area contributed by atoms with Crippen molar-refractivity contribution in [2.45, 2.75) is 53.1 Å². The molecule has 0 aliphatic carbocycles. The number of hydrogen-bond acceptors (Lipinski definition) is 3. The van der Waals surface area contributed by atoms with E-state index in [2.05, 4.69) is 54.0 Å². The van der Waals surface area contributed by atoms with Crippen LogP contribution in [0.5, 0.6) is 0 Å². The highest BCUT2D eigenvalue weighted by Gasteiger charge is 2.24. The van der Waals surface area contributed by atoms with Crippen LogP contribution in [0.4, 0.5) is 0 Å². The molecule has 0 bridgehead atoms. The summed E-state index contributed by atoms with van der Waals surface area (Å²) in [6, 6.07) is 0.309. The minimum absolute atomic E-state index is 0.265. The smallest absolute Gasteiger partial charge is 0.0696 e. The highest BCUT2D eigenvalue weighted by atomic mass is 79.9. The Labute approximate surface area is 131 Å². The van der Waals surface area contributed by atoms with Gasteiger partial charge in [0, 0.05) is 7.11 Å². The third-order valence-corrected chi connectivity index (χ3v) is 3.74. The van der Waals surface area contributed by atoms with Crippen molar-refractivity contribution in [3.63, 3.8) is 0 Å². The van der Waals surface area contributed by atoms with Gasteiger partial charge in [-0.3, -0.25) is 4.68 Å². The number of aromatic nitrogens is 2. The van der Waals surface area contributed by atoms with E-state index >= 15 is 0 Å². The monoisotopic (exact) mass is 345 g/mol. The van der Waals surface area contributed by atoms with Crippen molar-refractivity contribution >= 4 is 15.9 Å². The molecule has 0 saturated carbocycles. The lowest BCUT2D eigenvalue weighted by Gasteiger charge is -2.28. The van der Waals surface area contributed by atoms with Crippen molar-refractivity contribution in [3.8, 4) is 0 Å². The average Bonchev–Trinajstić information content (AvgIpc) is 2.72. The Morgan fingerprint density at radius 3 is 2.70 bits per heavy atom. The maximum Gasteiger partial charge on any atom is 0.0696 e. The topological polar surface area (TPSA) is 39.1 Å². The Morgan fingerprint density at radius 2 is 2.15 bits per heavy atom. The quantitative estimate of drug-likeness (QED) is 0.779. The van der Waals surface area contributed by atoms with E-state index < -0.39 is 0 Å². The lowest BCUT2D eigenvalue weighted by Crippen LogP contribution is -2.29. The molecule has 0 spiro atoms. The SMILES string of the molecule is CCCNC(CC(C)(C)C)c1c(Br)cnn1CCOC. The van der Waals surface area contributed by atoms with Crippen LogP contribution in [0.2, 0.25) is 0 Å². The molecular formula is C15H28BrN3O. The van der Waals surface area contributed by atoms with E-state index in [1.165, 1.54) is 5.69 Å². The number of ether oxygens (including phenoxy) is 1. The van der Waals surface area contributed by atoms with E-state index in [1.54, 1.807) is 7.11 Å². The van der Waals surface area contributed by atoms with Gasteiger partial charge in [-0.25, -0.2) is 0 Å². The Bertz CT molecular complexity index is 398. The van der Waals surface area contributed by atoms with Crippen LogP contribution in [0, 0.1) is 5.41 Å². The molecular weight excluding hydrogens is 318 g/mol. The van der Waals surface area contributed by atoms with Crippen LogP contribution in [0.25, 0.3) is 0 Å². The molecule has 1 N–H and O–H groups in total. The summed E-state index contributed by atoms with van der Waals surface area (Å²) in [6.45, 7) is 11.5. The molecule has 1 unspecified atom stereocenters. The zero-order valence-corrected chi connectivity index (χ0v) is 15.0. The summed E-state index contributed by atoms with van der Waals surface area (Å²) in [5.41, 5.74) is 1.49. The Hall–Kier alpha value is -0.390. The molecule has 4 nitrogen and oxygen atoms in total. The van der Waals surface area contributed by atoms with E-state index in [4.69, 9.17) is 4.74 Å². The van der Waals surface area contributed by atoms with Crippen LogP contribution in [0.15, 0.2) is 10.7 Å². The normalized spacial score (nSPS) is 13.7. The van der Waals surface area contributed by atoms with Gasteiger partial charge in [-0.1, -0.05) is 27.7 Å². The molecule has 20 heavy (non-hydrogen) atoms. The predicted octanol–water partition coefficient (Wildman–Crippen LogP) is 3.77. The molecule has 0 fully saturated rings. The van der Waals surface area contributed by atoms with Gasteiger partial charge in [0.15, 0.2) is 0 Å². The van der Waals surface area contributed by atoms with Gasteiger partial charge >= 0.3 is 0 Å². The van der Waals surface area contributed by atoms with Crippen LogP contribution < -0.4 is 5.32 Å². The second-order valence-electron chi connectivity index (χ2n) is 6.37. The molecule has 1 rings (SSSR count). The molecule has 0 aliphatic rings. The van der Waals surface area contributed by atoms with Crippen molar-refractivity contribution in [2.24, 2.45) is 5.41 Å². The first-order valence-electron chi connectivity index (χ1n) is 7.32. The van der Waals surface area contributed by atoms with Crippen molar-refractivity contribution in [1.82, 2.24) is 15.1 Å². The van der Waals surface area contributed by atoms with Crippen molar-refractivity contribution in [2.75, 3.05) is 20.3 Å². The largest absolute Gasteiger partial charge is 0.383 e. The highest BCUT2D eigenvalue weighted by molar-refractivity contribution is 9.10. The summed E-state index contributed by atoms with van der Waals surface area (Å²) in [6.07, 6.45) is 4.09. The summed E-state index contributed by atoms with van der Waals surface area (Å²) in [5, 5.41) is 8.12. The summed E-state index contributed by atoms with van der Waals surface area (Å²) in [7, 11) is 1.72. The summed E-state index contributed by atoms with van der Waals surface area (Å²) < 4.78 is 8.30. The number of nitrogens with one attached hydrogen (secondary N) is 1. The van der Waals surface area contributed by atoms with Crippen molar-refractivity contribution in [3.05, 3.63) is 16.4 Å². The molecule has 1 heterocycles. The van der Waals surface area contributed by atoms with Crippen LogP contribution in [0.1, 0.15) is 52.3 Å². The Balaban J connectivity index is 2.96. The first-order chi connectivity index (χ1) is 9.39. The van der Waals surface area contributed by atoms with Crippen LogP contribution >= 0.6 is 15.9 Å². The fourth-order valence-corrected chi connectivity index (χ4v) is 2.84. The number of rotatable bonds is 8. The van der Waals surface area contributed by atoms with Gasteiger partial charge < -0.3 is 10.1 Å². The fourth-order valence-electron chi connectivity index (χ4n) is 2.27. The van der Waals surface area contributed by atoms with Gasteiger partial charge in [-0.15, -0.1) is 0 Å². The number of halogens is 1. The standard InChI is InChI=1S/C15H28BrN3O/c1-6-7-17-13(10-15(2,3)4)14-12(16)11-18-19(14)8-9-20-5/h11,13,17H,6-10H2,1-5H3. The summed E-state index contributed by atoms with van der Waals surface area (Å²) in [5.74, 6) is 0. The molecule has 1 aromatic heterocycles. The third-order valence-electron chi connectivity index (χ3n) is 3.13. The van der Waals surface area contributed by atoms with E-state index in [0.717, 1.165) is 30.4 Å². The van der Waals surface area contributed by atoms with E-state index in [-0.39, 0.29) is 5.41 Å². The lowest BCUT2D eigenvalue weighted by atomic mass is 9.87. The number of nitrogens with zero attached hydrogens (tertiary/aromatic N) is 2. The Morgan fingerprint density at radius 1 is 1.45 bits per heavy atom. The average molecular weight is 346 g/mol. The molecule has 5 heteroatoms.